The normalized spacial score (nSPS) is 10.7. The van der Waals surface area contributed by atoms with Crippen LogP contribution < -0.4 is 4.74 Å². The molecule has 0 aliphatic rings. The number of benzene rings is 1. The van der Waals surface area contributed by atoms with Gasteiger partial charge in [-0.3, -0.25) is 9.59 Å². The van der Waals surface area contributed by atoms with E-state index in [1.807, 2.05) is 0 Å². The highest BCUT2D eigenvalue weighted by Gasteiger charge is 2.15. The standard InChI is InChI=1S/C18H24Cl2O4/c1-3-7-13(8-4-2)23-16(21)11-6-12-17(22)24-15-10-5-9-14(19)18(15)20/h5,9-10,13H,3-4,6-8,11-12H2,1-2H3. The number of halogens is 2. The molecule has 1 rings (SSSR count). The number of hydrogen-bond donors (Lipinski definition) is 0. The van der Waals surface area contributed by atoms with Crippen molar-refractivity contribution in [3.63, 3.8) is 0 Å². The fraction of sp³-hybridized carbons (Fsp3) is 0.556. The van der Waals surface area contributed by atoms with Crippen molar-refractivity contribution in [2.45, 2.75) is 64.9 Å². The van der Waals surface area contributed by atoms with Crippen LogP contribution in [0.4, 0.5) is 0 Å². The molecule has 1 aromatic carbocycles. The highest BCUT2D eigenvalue weighted by molar-refractivity contribution is 6.43. The summed E-state index contributed by atoms with van der Waals surface area (Å²) in [6, 6.07) is 4.83. The zero-order valence-electron chi connectivity index (χ0n) is 14.1. The molecule has 0 amide bonds. The number of esters is 2. The maximum absolute atomic E-state index is 11.8. The topological polar surface area (TPSA) is 52.6 Å². The van der Waals surface area contributed by atoms with Crippen molar-refractivity contribution in [3.8, 4) is 5.75 Å². The Balaban J connectivity index is 2.34. The molecule has 0 unspecified atom stereocenters. The van der Waals surface area contributed by atoms with E-state index >= 15 is 0 Å². The van der Waals surface area contributed by atoms with Gasteiger partial charge in [-0.1, -0.05) is 56.0 Å². The Morgan fingerprint density at radius 1 is 1.04 bits per heavy atom. The van der Waals surface area contributed by atoms with Crippen molar-refractivity contribution in [2.75, 3.05) is 0 Å². The van der Waals surface area contributed by atoms with Crippen LogP contribution in [0, 0.1) is 0 Å². The van der Waals surface area contributed by atoms with Crippen LogP contribution in [0.2, 0.25) is 10.0 Å². The molecule has 0 N–H and O–H groups in total. The van der Waals surface area contributed by atoms with Gasteiger partial charge in [-0.15, -0.1) is 0 Å². The molecule has 6 heteroatoms. The average Bonchev–Trinajstić information content (AvgIpc) is 2.52. The molecule has 0 aliphatic heterocycles. The molecule has 0 bridgehead atoms. The third kappa shape index (κ3) is 7.54. The van der Waals surface area contributed by atoms with Crippen LogP contribution in [0.1, 0.15) is 58.8 Å². The van der Waals surface area contributed by atoms with Gasteiger partial charge in [-0.2, -0.15) is 0 Å². The van der Waals surface area contributed by atoms with Crippen LogP contribution in [0.3, 0.4) is 0 Å². The first-order chi connectivity index (χ1) is 11.5. The largest absolute Gasteiger partial charge is 0.462 e. The lowest BCUT2D eigenvalue weighted by atomic mass is 10.1. The Labute approximate surface area is 153 Å². The molecule has 4 nitrogen and oxygen atoms in total. The van der Waals surface area contributed by atoms with Gasteiger partial charge in [0.15, 0.2) is 5.75 Å². The minimum Gasteiger partial charge on any atom is -0.462 e. The van der Waals surface area contributed by atoms with Crippen molar-refractivity contribution in [3.05, 3.63) is 28.2 Å². The van der Waals surface area contributed by atoms with Gasteiger partial charge in [0.1, 0.15) is 11.1 Å². The zero-order valence-corrected chi connectivity index (χ0v) is 15.7. The Morgan fingerprint density at radius 2 is 1.67 bits per heavy atom. The number of carbonyl (C=O) groups is 2. The maximum atomic E-state index is 11.8. The third-order valence-corrected chi connectivity index (χ3v) is 4.22. The molecule has 0 aliphatic carbocycles. The Kier molecular flexibility index (Phi) is 9.80. The van der Waals surface area contributed by atoms with Gasteiger partial charge in [0.2, 0.25) is 0 Å². The van der Waals surface area contributed by atoms with Crippen LogP contribution in [0.15, 0.2) is 18.2 Å². The summed E-state index contributed by atoms with van der Waals surface area (Å²) in [4.78, 5) is 23.6. The SMILES string of the molecule is CCCC(CCC)OC(=O)CCCC(=O)Oc1cccc(Cl)c1Cl. The summed E-state index contributed by atoms with van der Waals surface area (Å²) in [7, 11) is 0. The molecule has 134 valence electrons. The van der Waals surface area contributed by atoms with Crippen molar-refractivity contribution >= 4 is 35.1 Å². The smallest absolute Gasteiger partial charge is 0.311 e. The van der Waals surface area contributed by atoms with Gasteiger partial charge in [0.25, 0.3) is 0 Å². The molecule has 0 atom stereocenters. The summed E-state index contributed by atoms with van der Waals surface area (Å²) in [6.45, 7) is 4.13. The third-order valence-electron chi connectivity index (χ3n) is 3.42. The Bertz CT molecular complexity index is 540. The van der Waals surface area contributed by atoms with E-state index in [4.69, 9.17) is 32.7 Å². The van der Waals surface area contributed by atoms with Gasteiger partial charge in [0.05, 0.1) is 5.02 Å². The monoisotopic (exact) mass is 374 g/mol. The predicted molar refractivity (Wildman–Crippen MR) is 95.6 cm³/mol. The molecule has 0 fully saturated rings. The van der Waals surface area contributed by atoms with Crippen molar-refractivity contribution in [1.82, 2.24) is 0 Å². The molecular formula is C18H24Cl2O4. The van der Waals surface area contributed by atoms with E-state index in [1.54, 1.807) is 18.2 Å². The van der Waals surface area contributed by atoms with E-state index in [2.05, 4.69) is 13.8 Å². The number of ether oxygens (including phenoxy) is 2. The number of rotatable bonds is 10. The lowest BCUT2D eigenvalue weighted by molar-refractivity contribution is -0.150. The second-order valence-corrected chi connectivity index (χ2v) is 6.35. The molecule has 0 saturated carbocycles. The summed E-state index contributed by atoms with van der Waals surface area (Å²) in [5.74, 6) is -0.496. The average molecular weight is 375 g/mol. The lowest BCUT2D eigenvalue weighted by Crippen LogP contribution is -2.18. The Morgan fingerprint density at radius 3 is 2.29 bits per heavy atom. The molecule has 0 aromatic heterocycles. The van der Waals surface area contributed by atoms with E-state index in [-0.39, 0.29) is 35.7 Å². The second-order valence-electron chi connectivity index (χ2n) is 5.57. The first-order valence-electron chi connectivity index (χ1n) is 8.32. The minimum atomic E-state index is -0.453. The molecule has 1 aromatic rings. The molecule has 0 heterocycles. The van der Waals surface area contributed by atoms with E-state index in [0.29, 0.717) is 11.4 Å². The molecule has 0 radical (unpaired) electrons. The first-order valence-corrected chi connectivity index (χ1v) is 9.07. The van der Waals surface area contributed by atoms with Crippen LogP contribution >= 0.6 is 23.2 Å². The van der Waals surface area contributed by atoms with Gasteiger partial charge < -0.3 is 9.47 Å². The number of hydrogen-bond acceptors (Lipinski definition) is 4. The number of carbonyl (C=O) groups excluding carboxylic acids is 2. The zero-order chi connectivity index (χ0) is 17.9. The summed E-state index contributed by atoms with van der Waals surface area (Å²) < 4.78 is 10.6. The highest BCUT2D eigenvalue weighted by atomic mass is 35.5. The molecule has 0 saturated heterocycles. The van der Waals surface area contributed by atoms with Crippen molar-refractivity contribution in [2.24, 2.45) is 0 Å². The fourth-order valence-corrected chi connectivity index (χ4v) is 2.59. The molecular weight excluding hydrogens is 351 g/mol. The van der Waals surface area contributed by atoms with E-state index in [1.165, 1.54) is 0 Å². The van der Waals surface area contributed by atoms with E-state index in [9.17, 15) is 9.59 Å². The molecule has 0 spiro atoms. The minimum absolute atomic E-state index is 0.0234. The van der Waals surface area contributed by atoms with Crippen LogP contribution in [0.25, 0.3) is 0 Å². The highest BCUT2D eigenvalue weighted by Crippen LogP contribution is 2.31. The van der Waals surface area contributed by atoms with Crippen molar-refractivity contribution < 1.29 is 19.1 Å². The van der Waals surface area contributed by atoms with Gasteiger partial charge in [-0.25, -0.2) is 0 Å². The first kappa shape index (κ1) is 20.8. The van der Waals surface area contributed by atoms with E-state index in [0.717, 1.165) is 25.7 Å². The summed E-state index contributed by atoms with van der Waals surface area (Å²) in [5.41, 5.74) is 0. The van der Waals surface area contributed by atoms with E-state index < -0.39 is 5.97 Å². The fourth-order valence-electron chi connectivity index (χ4n) is 2.26. The maximum Gasteiger partial charge on any atom is 0.311 e. The van der Waals surface area contributed by atoms with Crippen LogP contribution in [0.5, 0.6) is 5.75 Å². The quantitative estimate of drug-likeness (QED) is 0.396. The summed E-state index contributed by atoms with van der Waals surface area (Å²) in [6.07, 6.45) is 4.36. The molecule has 24 heavy (non-hydrogen) atoms. The predicted octanol–water partition coefficient (Wildman–Crippen LogP) is 5.58. The van der Waals surface area contributed by atoms with Crippen LogP contribution in [-0.2, 0) is 14.3 Å². The van der Waals surface area contributed by atoms with Crippen molar-refractivity contribution in [1.29, 1.82) is 0 Å². The second kappa shape index (κ2) is 11.3. The summed E-state index contributed by atoms with van der Waals surface area (Å²) >= 11 is 11.8. The van der Waals surface area contributed by atoms with Gasteiger partial charge in [-0.05, 0) is 31.4 Å². The Hall–Kier alpha value is -1.26. The lowest BCUT2D eigenvalue weighted by Gasteiger charge is -2.16. The van der Waals surface area contributed by atoms with Gasteiger partial charge in [0, 0.05) is 12.8 Å². The summed E-state index contributed by atoms with van der Waals surface area (Å²) in [5, 5.41) is 0.525. The van der Waals surface area contributed by atoms with Crippen LogP contribution in [-0.4, -0.2) is 18.0 Å². The van der Waals surface area contributed by atoms with Gasteiger partial charge >= 0.3 is 11.9 Å².